The first-order valence-electron chi connectivity index (χ1n) is 9.76. The smallest absolute Gasteiger partial charge is 0.264 e. The van der Waals surface area contributed by atoms with E-state index in [4.69, 9.17) is 4.74 Å². The number of sulfonamides is 1. The van der Waals surface area contributed by atoms with E-state index >= 15 is 0 Å². The molecule has 3 aromatic rings. The molecule has 0 aromatic heterocycles. The van der Waals surface area contributed by atoms with Gasteiger partial charge in [-0.3, -0.25) is 9.10 Å². The average molecular weight is 548 g/mol. The van der Waals surface area contributed by atoms with Crippen molar-refractivity contribution >= 4 is 49.9 Å². The third-order valence-corrected chi connectivity index (χ3v) is 7.95. The first-order chi connectivity index (χ1) is 14.9. The number of methoxy groups -OCH3 is 1. The van der Waals surface area contributed by atoms with Crippen LogP contribution in [0.4, 0.5) is 11.4 Å². The maximum Gasteiger partial charge on any atom is 0.264 e. The van der Waals surface area contributed by atoms with Crippen LogP contribution in [0.1, 0.15) is 22.3 Å². The first-order valence-corrected chi connectivity index (χ1v) is 12.3. The first kappa shape index (κ1) is 21.6. The molecule has 1 aliphatic rings. The van der Waals surface area contributed by atoms with Gasteiger partial charge in [-0.2, -0.15) is 0 Å². The standard InChI is InChI=1S/C23H21IN2O4S/c1-30-18-9-11-19(12-10-18)31(28,29)26-14-4-5-16-15-17(8-13-22(16)26)25-23(27)20-6-2-3-7-21(20)24/h2-3,6-13,15H,4-5,14H2,1H3,(H,25,27). The van der Waals surface area contributed by atoms with Crippen molar-refractivity contribution in [2.45, 2.75) is 17.7 Å². The zero-order chi connectivity index (χ0) is 22.0. The number of aryl methyl sites for hydroxylation is 1. The molecule has 0 atom stereocenters. The van der Waals surface area contributed by atoms with Gasteiger partial charge in [0.15, 0.2) is 0 Å². The lowest BCUT2D eigenvalue weighted by Crippen LogP contribution is -2.35. The number of fused-ring (bicyclic) bond motifs is 1. The monoisotopic (exact) mass is 548 g/mol. The number of anilines is 2. The Kier molecular flexibility index (Phi) is 6.19. The predicted molar refractivity (Wildman–Crippen MR) is 129 cm³/mol. The van der Waals surface area contributed by atoms with E-state index in [-0.39, 0.29) is 10.8 Å². The predicted octanol–water partition coefficient (Wildman–Crippen LogP) is 4.69. The molecule has 0 saturated heterocycles. The topological polar surface area (TPSA) is 75.7 Å². The van der Waals surface area contributed by atoms with Crippen molar-refractivity contribution in [2.75, 3.05) is 23.3 Å². The van der Waals surface area contributed by atoms with Gasteiger partial charge in [-0.15, -0.1) is 0 Å². The summed E-state index contributed by atoms with van der Waals surface area (Å²) >= 11 is 2.13. The summed E-state index contributed by atoms with van der Waals surface area (Å²) in [6, 6.07) is 19.1. The molecule has 0 spiro atoms. The molecule has 0 bridgehead atoms. The Bertz CT molecular complexity index is 1230. The molecule has 1 N–H and O–H groups in total. The number of hydrogen-bond donors (Lipinski definition) is 1. The van der Waals surface area contributed by atoms with E-state index in [1.165, 1.54) is 4.31 Å². The van der Waals surface area contributed by atoms with Gasteiger partial charge >= 0.3 is 0 Å². The highest BCUT2D eigenvalue weighted by atomic mass is 127. The molecule has 31 heavy (non-hydrogen) atoms. The summed E-state index contributed by atoms with van der Waals surface area (Å²) in [5.74, 6) is 0.412. The fraction of sp³-hybridized carbons (Fsp3) is 0.174. The van der Waals surface area contributed by atoms with E-state index in [9.17, 15) is 13.2 Å². The van der Waals surface area contributed by atoms with Gasteiger partial charge in [-0.05, 0) is 95.6 Å². The molecular weight excluding hydrogens is 527 g/mol. The molecule has 0 saturated carbocycles. The van der Waals surface area contributed by atoms with Crippen LogP contribution in [0.25, 0.3) is 0 Å². The maximum absolute atomic E-state index is 13.2. The molecule has 0 radical (unpaired) electrons. The van der Waals surface area contributed by atoms with E-state index < -0.39 is 10.0 Å². The van der Waals surface area contributed by atoms with Crippen LogP contribution in [-0.4, -0.2) is 28.0 Å². The molecule has 6 nitrogen and oxygen atoms in total. The molecule has 1 amide bonds. The van der Waals surface area contributed by atoms with Crippen molar-refractivity contribution in [1.82, 2.24) is 0 Å². The van der Waals surface area contributed by atoms with E-state index in [0.29, 0.717) is 35.7 Å². The van der Waals surface area contributed by atoms with Crippen LogP contribution in [0, 0.1) is 3.57 Å². The molecule has 1 aliphatic heterocycles. The Balaban J connectivity index is 1.61. The molecule has 0 unspecified atom stereocenters. The second-order valence-corrected chi connectivity index (χ2v) is 10.2. The molecule has 1 heterocycles. The Morgan fingerprint density at radius 1 is 1.06 bits per heavy atom. The number of ether oxygens (including phenoxy) is 1. The Hall–Kier alpha value is -2.59. The Morgan fingerprint density at radius 2 is 1.81 bits per heavy atom. The molecule has 160 valence electrons. The number of benzene rings is 3. The van der Waals surface area contributed by atoms with Crippen molar-refractivity contribution in [2.24, 2.45) is 0 Å². The van der Waals surface area contributed by atoms with Crippen LogP contribution < -0.4 is 14.4 Å². The fourth-order valence-corrected chi connectivity index (χ4v) is 5.78. The van der Waals surface area contributed by atoms with Gasteiger partial charge in [0.25, 0.3) is 15.9 Å². The Morgan fingerprint density at radius 3 is 2.52 bits per heavy atom. The number of nitrogens with one attached hydrogen (secondary N) is 1. The highest BCUT2D eigenvalue weighted by molar-refractivity contribution is 14.1. The van der Waals surface area contributed by atoms with E-state index in [0.717, 1.165) is 15.6 Å². The van der Waals surface area contributed by atoms with Crippen LogP contribution in [0.5, 0.6) is 5.75 Å². The van der Waals surface area contributed by atoms with Gasteiger partial charge in [-0.25, -0.2) is 8.42 Å². The minimum atomic E-state index is -3.70. The van der Waals surface area contributed by atoms with Crippen molar-refractivity contribution in [1.29, 1.82) is 0 Å². The summed E-state index contributed by atoms with van der Waals surface area (Å²) in [6.45, 7) is 0.412. The number of rotatable bonds is 5. The minimum Gasteiger partial charge on any atom is -0.497 e. The van der Waals surface area contributed by atoms with Gasteiger partial charge in [0, 0.05) is 15.8 Å². The molecule has 8 heteroatoms. The van der Waals surface area contributed by atoms with E-state index in [2.05, 4.69) is 27.9 Å². The number of amides is 1. The van der Waals surface area contributed by atoms with Crippen molar-refractivity contribution < 1.29 is 17.9 Å². The number of halogens is 1. The van der Waals surface area contributed by atoms with Crippen molar-refractivity contribution in [3.63, 3.8) is 0 Å². The largest absolute Gasteiger partial charge is 0.497 e. The third kappa shape index (κ3) is 4.40. The number of carbonyl (C=O) groups excluding carboxylic acids is 1. The van der Waals surface area contributed by atoms with Crippen LogP contribution >= 0.6 is 22.6 Å². The van der Waals surface area contributed by atoms with Gasteiger partial charge in [0.05, 0.1) is 23.3 Å². The number of hydrogen-bond acceptors (Lipinski definition) is 4. The second-order valence-electron chi connectivity index (χ2n) is 7.13. The molecule has 0 aliphatic carbocycles. The number of nitrogens with zero attached hydrogens (tertiary/aromatic N) is 1. The van der Waals surface area contributed by atoms with Gasteiger partial charge in [0.1, 0.15) is 5.75 Å². The molecular formula is C23H21IN2O4S. The zero-order valence-electron chi connectivity index (χ0n) is 16.8. The molecule has 4 rings (SSSR count). The van der Waals surface area contributed by atoms with Crippen LogP contribution in [0.2, 0.25) is 0 Å². The zero-order valence-corrected chi connectivity index (χ0v) is 19.8. The summed E-state index contributed by atoms with van der Waals surface area (Å²) in [6.07, 6.45) is 1.45. The highest BCUT2D eigenvalue weighted by Crippen LogP contribution is 2.34. The van der Waals surface area contributed by atoms with Gasteiger partial charge in [0.2, 0.25) is 0 Å². The lowest BCUT2D eigenvalue weighted by molar-refractivity contribution is 0.102. The minimum absolute atomic E-state index is 0.191. The van der Waals surface area contributed by atoms with E-state index in [1.807, 2.05) is 24.3 Å². The Labute approximate surface area is 195 Å². The quantitative estimate of drug-likeness (QED) is 0.470. The summed E-state index contributed by atoms with van der Waals surface area (Å²) in [4.78, 5) is 12.9. The normalized spacial score (nSPS) is 13.4. The molecule has 0 fully saturated rings. The summed E-state index contributed by atoms with van der Waals surface area (Å²) < 4.78 is 33.9. The molecule has 3 aromatic carbocycles. The summed E-state index contributed by atoms with van der Waals surface area (Å²) in [5.41, 5.74) is 2.79. The summed E-state index contributed by atoms with van der Waals surface area (Å²) in [5, 5.41) is 2.92. The van der Waals surface area contributed by atoms with Gasteiger partial charge in [-0.1, -0.05) is 12.1 Å². The van der Waals surface area contributed by atoms with Crippen LogP contribution in [0.15, 0.2) is 71.6 Å². The maximum atomic E-state index is 13.2. The van der Waals surface area contributed by atoms with E-state index in [1.54, 1.807) is 49.6 Å². The lowest BCUT2D eigenvalue weighted by atomic mass is 10.0. The van der Waals surface area contributed by atoms with Crippen LogP contribution in [-0.2, 0) is 16.4 Å². The SMILES string of the molecule is COc1ccc(S(=O)(=O)N2CCCc3cc(NC(=O)c4ccccc4I)ccc32)cc1. The third-order valence-electron chi connectivity index (χ3n) is 5.18. The second kappa shape index (κ2) is 8.88. The fourth-order valence-electron chi connectivity index (χ4n) is 3.61. The van der Waals surface area contributed by atoms with Crippen molar-refractivity contribution in [3.8, 4) is 5.75 Å². The van der Waals surface area contributed by atoms with Crippen molar-refractivity contribution in [3.05, 3.63) is 81.4 Å². The highest BCUT2D eigenvalue weighted by Gasteiger charge is 2.29. The summed E-state index contributed by atoms with van der Waals surface area (Å²) in [7, 11) is -2.15. The average Bonchev–Trinajstić information content (AvgIpc) is 2.78. The lowest BCUT2D eigenvalue weighted by Gasteiger charge is -2.31. The van der Waals surface area contributed by atoms with Crippen LogP contribution in [0.3, 0.4) is 0 Å². The number of carbonyl (C=O) groups is 1. The van der Waals surface area contributed by atoms with Gasteiger partial charge < -0.3 is 10.1 Å².